The molecular formula is C15H17N3O3. The van der Waals surface area contributed by atoms with Crippen LogP contribution in [-0.2, 0) is 16.1 Å². The number of nitrogens with one attached hydrogen (secondary N) is 1. The largest absolute Gasteiger partial charge is 0.398 e. The summed E-state index contributed by atoms with van der Waals surface area (Å²) in [7, 11) is 0. The molecule has 3 rings (SSSR count). The van der Waals surface area contributed by atoms with E-state index >= 15 is 0 Å². The van der Waals surface area contributed by atoms with Gasteiger partial charge in [0.2, 0.25) is 5.78 Å². The molecule has 0 bridgehead atoms. The molecule has 6 nitrogen and oxygen atoms in total. The first kappa shape index (κ1) is 13.8. The van der Waals surface area contributed by atoms with Crippen LogP contribution in [0.3, 0.4) is 0 Å². The fourth-order valence-electron chi connectivity index (χ4n) is 3.11. The molecule has 3 N–H and O–H groups in total. The summed E-state index contributed by atoms with van der Waals surface area (Å²) < 4.78 is 0. The molecule has 21 heavy (non-hydrogen) atoms. The fraction of sp³-hybridized carbons (Fsp3) is 0.400. The smallest absolute Gasteiger partial charge is 0.254 e. The number of ketones is 1. The lowest BCUT2D eigenvalue weighted by Gasteiger charge is -2.34. The van der Waals surface area contributed by atoms with Gasteiger partial charge in [0, 0.05) is 35.9 Å². The number of hydrogen-bond donors (Lipinski definition) is 2. The van der Waals surface area contributed by atoms with Gasteiger partial charge in [-0.1, -0.05) is 6.07 Å². The predicted molar refractivity (Wildman–Crippen MR) is 76.6 cm³/mol. The zero-order chi connectivity index (χ0) is 15.0. The maximum Gasteiger partial charge on any atom is 0.254 e. The number of nitrogens with zero attached hydrogens (tertiary/aromatic N) is 1. The third kappa shape index (κ3) is 2.31. The lowest BCUT2D eigenvalue weighted by atomic mass is 9.97. The van der Waals surface area contributed by atoms with E-state index in [0.717, 1.165) is 5.56 Å². The highest BCUT2D eigenvalue weighted by Crippen LogP contribution is 2.30. The van der Waals surface area contributed by atoms with Gasteiger partial charge in [0.25, 0.3) is 5.91 Å². The Hall–Kier alpha value is -2.21. The van der Waals surface area contributed by atoms with Crippen molar-refractivity contribution in [3.05, 3.63) is 29.3 Å². The molecule has 2 unspecified atom stereocenters. The normalized spacial score (nSPS) is 24.8. The van der Waals surface area contributed by atoms with Crippen molar-refractivity contribution in [1.82, 2.24) is 10.2 Å². The minimum atomic E-state index is -0.422. The Morgan fingerprint density at radius 3 is 2.81 bits per heavy atom. The Bertz CT molecular complexity index is 606. The summed E-state index contributed by atoms with van der Waals surface area (Å²) in [5.74, 6) is -0.432. The third-order valence-corrected chi connectivity index (χ3v) is 4.32. The van der Waals surface area contributed by atoms with E-state index in [4.69, 9.17) is 5.73 Å². The summed E-state index contributed by atoms with van der Waals surface area (Å²) in [5.41, 5.74) is 8.12. The fourth-order valence-corrected chi connectivity index (χ4v) is 3.11. The van der Waals surface area contributed by atoms with Crippen LogP contribution in [0.15, 0.2) is 18.2 Å². The first-order chi connectivity index (χ1) is 10.1. The van der Waals surface area contributed by atoms with Crippen LogP contribution in [0, 0.1) is 0 Å². The lowest BCUT2D eigenvalue weighted by molar-refractivity contribution is -0.131. The molecule has 1 amide bonds. The van der Waals surface area contributed by atoms with Crippen LogP contribution in [0.2, 0.25) is 0 Å². The molecule has 2 atom stereocenters. The highest BCUT2D eigenvalue weighted by Gasteiger charge is 2.36. The van der Waals surface area contributed by atoms with Crippen LogP contribution >= 0.6 is 0 Å². The maximum atomic E-state index is 12.4. The lowest BCUT2D eigenvalue weighted by Crippen LogP contribution is -2.52. The number of hydrogen-bond acceptors (Lipinski definition) is 5. The highest BCUT2D eigenvalue weighted by molar-refractivity contribution is 6.27. The van der Waals surface area contributed by atoms with Crippen molar-refractivity contribution in [2.24, 2.45) is 0 Å². The number of anilines is 1. The summed E-state index contributed by atoms with van der Waals surface area (Å²) in [4.78, 5) is 36.1. The zero-order valence-electron chi connectivity index (χ0n) is 11.5. The molecule has 110 valence electrons. The average Bonchev–Trinajstić information content (AvgIpc) is 2.85. The summed E-state index contributed by atoms with van der Waals surface area (Å²) >= 11 is 0. The van der Waals surface area contributed by atoms with Gasteiger partial charge in [0.05, 0.1) is 6.04 Å². The molecule has 0 aromatic heterocycles. The molecule has 0 saturated carbocycles. The third-order valence-electron chi connectivity index (χ3n) is 4.32. The van der Waals surface area contributed by atoms with E-state index in [2.05, 4.69) is 5.32 Å². The first-order valence-electron chi connectivity index (χ1n) is 7.02. The molecule has 2 aliphatic rings. The van der Waals surface area contributed by atoms with Crippen molar-refractivity contribution in [1.29, 1.82) is 0 Å². The van der Waals surface area contributed by atoms with Gasteiger partial charge >= 0.3 is 0 Å². The van der Waals surface area contributed by atoms with Crippen LogP contribution in [0.4, 0.5) is 5.69 Å². The number of nitrogens with two attached hydrogens (primary N) is 1. The Kier molecular flexibility index (Phi) is 3.47. The number of nitrogen functional groups attached to an aromatic ring is 1. The van der Waals surface area contributed by atoms with E-state index in [1.54, 1.807) is 23.1 Å². The van der Waals surface area contributed by atoms with Crippen LogP contribution in [0.25, 0.3) is 0 Å². The second-order valence-electron chi connectivity index (χ2n) is 5.52. The van der Waals surface area contributed by atoms with Crippen molar-refractivity contribution in [2.45, 2.75) is 31.5 Å². The number of piperidine rings is 1. The zero-order valence-corrected chi connectivity index (χ0v) is 11.5. The van der Waals surface area contributed by atoms with Crippen LogP contribution in [-0.4, -0.2) is 41.5 Å². The van der Waals surface area contributed by atoms with Gasteiger partial charge < -0.3 is 16.0 Å². The van der Waals surface area contributed by atoms with Gasteiger partial charge in [-0.2, -0.15) is 0 Å². The molecule has 1 aromatic rings. The number of carbonyl (C=O) groups is 3. The van der Waals surface area contributed by atoms with E-state index in [0.29, 0.717) is 43.5 Å². The number of rotatable bonds is 3. The molecule has 1 aromatic carbocycles. The van der Waals surface area contributed by atoms with Crippen LogP contribution in [0.5, 0.6) is 0 Å². The summed E-state index contributed by atoms with van der Waals surface area (Å²) in [6.45, 7) is 1.03. The molecule has 2 heterocycles. The number of Topliss-reactive ketones (excluding diaryl/α,β-unsaturated/α-hetero) is 1. The SMILES string of the molecule is Nc1cccc2c1CN(C1CCC(C(=O)C=O)NC1)C2=O. The quantitative estimate of drug-likeness (QED) is 0.468. The molecule has 0 radical (unpaired) electrons. The molecular weight excluding hydrogens is 270 g/mol. The first-order valence-corrected chi connectivity index (χ1v) is 7.02. The van der Waals surface area contributed by atoms with Gasteiger partial charge in [-0.05, 0) is 25.0 Å². The van der Waals surface area contributed by atoms with Gasteiger partial charge in [-0.25, -0.2) is 0 Å². The number of benzene rings is 1. The second kappa shape index (κ2) is 5.29. The van der Waals surface area contributed by atoms with Crippen LogP contribution < -0.4 is 11.1 Å². The Morgan fingerprint density at radius 1 is 1.38 bits per heavy atom. The van der Waals surface area contributed by atoms with E-state index in [1.165, 1.54) is 0 Å². The van der Waals surface area contributed by atoms with Crippen molar-refractivity contribution in [3.8, 4) is 0 Å². The second-order valence-corrected chi connectivity index (χ2v) is 5.52. The van der Waals surface area contributed by atoms with E-state index in [-0.39, 0.29) is 11.9 Å². The molecule has 1 fully saturated rings. The van der Waals surface area contributed by atoms with Gasteiger partial charge in [0.1, 0.15) is 0 Å². The number of aldehydes is 1. The summed E-state index contributed by atoms with van der Waals surface area (Å²) in [6, 6.07) is 4.99. The average molecular weight is 287 g/mol. The monoisotopic (exact) mass is 287 g/mol. The van der Waals surface area contributed by atoms with Gasteiger partial charge in [0.15, 0.2) is 6.29 Å². The van der Waals surface area contributed by atoms with Crippen molar-refractivity contribution in [2.75, 3.05) is 12.3 Å². The molecule has 2 aliphatic heterocycles. The molecule has 1 saturated heterocycles. The van der Waals surface area contributed by atoms with Gasteiger partial charge in [-0.15, -0.1) is 0 Å². The van der Waals surface area contributed by atoms with Crippen molar-refractivity contribution >= 4 is 23.7 Å². The van der Waals surface area contributed by atoms with E-state index < -0.39 is 11.8 Å². The van der Waals surface area contributed by atoms with E-state index in [1.807, 2.05) is 0 Å². The summed E-state index contributed by atoms with van der Waals surface area (Å²) in [6.07, 6.45) is 1.63. The minimum Gasteiger partial charge on any atom is -0.398 e. The van der Waals surface area contributed by atoms with Crippen molar-refractivity contribution in [3.63, 3.8) is 0 Å². The van der Waals surface area contributed by atoms with Gasteiger partial charge in [-0.3, -0.25) is 14.4 Å². The standard InChI is InChI=1S/C15H17N3O3/c16-12-3-1-2-10-11(12)7-18(15(10)21)9-4-5-13(17-6-9)14(20)8-19/h1-3,8-9,13,17H,4-7,16H2. The molecule has 0 aliphatic carbocycles. The topological polar surface area (TPSA) is 92.5 Å². The Labute approximate surface area is 122 Å². The number of carbonyl (C=O) groups excluding carboxylic acids is 3. The van der Waals surface area contributed by atoms with Crippen molar-refractivity contribution < 1.29 is 14.4 Å². The minimum absolute atomic E-state index is 0.00994. The number of fused-ring (bicyclic) bond motifs is 1. The van der Waals surface area contributed by atoms with E-state index in [9.17, 15) is 14.4 Å². The Morgan fingerprint density at radius 2 is 2.19 bits per heavy atom. The molecule has 0 spiro atoms. The highest BCUT2D eigenvalue weighted by atomic mass is 16.2. The Balaban J connectivity index is 1.71. The number of amides is 1. The summed E-state index contributed by atoms with van der Waals surface area (Å²) in [5, 5.41) is 3.05. The predicted octanol–water partition coefficient (Wildman–Crippen LogP) is 0.113. The van der Waals surface area contributed by atoms with Crippen LogP contribution in [0.1, 0.15) is 28.8 Å². The maximum absolute atomic E-state index is 12.4. The molecule has 6 heteroatoms.